The maximum absolute atomic E-state index is 11.6. The molecule has 1 atom stereocenters. The zero-order valence-electron chi connectivity index (χ0n) is 15.2. The fraction of sp³-hybridized carbons (Fsp3) is 0.947. The summed E-state index contributed by atoms with van der Waals surface area (Å²) in [4.78, 5) is 11.6. The lowest BCUT2D eigenvalue weighted by atomic mass is 10.1. The summed E-state index contributed by atoms with van der Waals surface area (Å²) in [7, 11) is 0. The molecular formula is C19H38O3. The first kappa shape index (κ1) is 21.4. The second kappa shape index (κ2) is 16.8. The maximum atomic E-state index is 11.6. The molecule has 0 radical (unpaired) electrons. The third-order valence-electron chi connectivity index (χ3n) is 3.93. The van der Waals surface area contributed by atoms with Crippen LogP contribution >= 0.6 is 0 Å². The van der Waals surface area contributed by atoms with E-state index in [-0.39, 0.29) is 12.3 Å². The molecule has 0 aliphatic carbocycles. The van der Waals surface area contributed by atoms with E-state index >= 15 is 0 Å². The molecule has 132 valence electrons. The van der Waals surface area contributed by atoms with Gasteiger partial charge >= 0.3 is 5.97 Å². The van der Waals surface area contributed by atoms with Crippen LogP contribution < -0.4 is 0 Å². The number of esters is 1. The van der Waals surface area contributed by atoms with Gasteiger partial charge in [-0.05, 0) is 13.3 Å². The molecule has 0 N–H and O–H groups in total. The standard InChI is InChI=1S/C19H38O3/c1-4-7-8-9-10-11-12-13-14-15-16-17-18(20)22-19(5-2)21-6-3/h19H,4-17H2,1-3H3. The molecule has 22 heavy (non-hydrogen) atoms. The predicted molar refractivity (Wildman–Crippen MR) is 92.9 cm³/mol. The van der Waals surface area contributed by atoms with Gasteiger partial charge < -0.3 is 9.47 Å². The monoisotopic (exact) mass is 314 g/mol. The molecular weight excluding hydrogens is 276 g/mol. The fourth-order valence-electron chi connectivity index (χ4n) is 2.56. The summed E-state index contributed by atoms with van der Waals surface area (Å²) in [6, 6.07) is 0. The Morgan fingerprint density at radius 1 is 0.773 bits per heavy atom. The molecule has 1 unspecified atom stereocenters. The first-order chi connectivity index (χ1) is 10.7. The van der Waals surface area contributed by atoms with E-state index in [0.717, 1.165) is 19.3 Å². The zero-order valence-corrected chi connectivity index (χ0v) is 15.2. The average Bonchev–Trinajstić information content (AvgIpc) is 2.52. The van der Waals surface area contributed by atoms with Gasteiger partial charge in [0, 0.05) is 19.4 Å². The summed E-state index contributed by atoms with van der Waals surface area (Å²) in [5, 5.41) is 0. The molecule has 0 fully saturated rings. The topological polar surface area (TPSA) is 35.5 Å². The van der Waals surface area contributed by atoms with Crippen molar-refractivity contribution >= 4 is 5.97 Å². The van der Waals surface area contributed by atoms with Crippen LogP contribution in [0.4, 0.5) is 0 Å². The predicted octanol–water partition coefficient (Wildman–Crippen LogP) is 6.00. The van der Waals surface area contributed by atoms with Gasteiger partial charge in [-0.25, -0.2) is 0 Å². The summed E-state index contributed by atoms with van der Waals surface area (Å²) in [5.74, 6) is -0.115. The molecule has 0 heterocycles. The fourth-order valence-corrected chi connectivity index (χ4v) is 2.56. The summed E-state index contributed by atoms with van der Waals surface area (Å²) in [5.41, 5.74) is 0. The summed E-state index contributed by atoms with van der Waals surface area (Å²) < 4.78 is 10.6. The molecule has 0 rings (SSSR count). The Kier molecular flexibility index (Phi) is 16.4. The van der Waals surface area contributed by atoms with E-state index in [0.29, 0.717) is 13.0 Å². The molecule has 3 heteroatoms. The molecule has 0 spiro atoms. The number of hydrogen-bond acceptors (Lipinski definition) is 3. The molecule has 3 nitrogen and oxygen atoms in total. The van der Waals surface area contributed by atoms with Crippen LogP contribution in [0.3, 0.4) is 0 Å². The van der Waals surface area contributed by atoms with Gasteiger partial charge in [0.05, 0.1) is 0 Å². The third kappa shape index (κ3) is 14.4. The minimum atomic E-state index is -0.356. The van der Waals surface area contributed by atoms with Gasteiger partial charge in [0.25, 0.3) is 0 Å². The van der Waals surface area contributed by atoms with E-state index < -0.39 is 0 Å². The second-order valence-electron chi connectivity index (χ2n) is 6.07. The minimum absolute atomic E-state index is 0.115. The van der Waals surface area contributed by atoms with Crippen LogP contribution in [0, 0.1) is 0 Å². The SMILES string of the molecule is CCCCCCCCCCCCCC(=O)OC(CC)OCC. The number of hydrogen-bond donors (Lipinski definition) is 0. The largest absolute Gasteiger partial charge is 0.436 e. The van der Waals surface area contributed by atoms with Crippen molar-refractivity contribution < 1.29 is 14.3 Å². The molecule has 0 aromatic heterocycles. The van der Waals surface area contributed by atoms with Crippen molar-refractivity contribution in [2.75, 3.05) is 6.61 Å². The number of carbonyl (C=O) groups is 1. The van der Waals surface area contributed by atoms with E-state index in [1.807, 2.05) is 13.8 Å². The quantitative estimate of drug-likeness (QED) is 0.199. The molecule has 0 saturated heterocycles. The van der Waals surface area contributed by atoms with Crippen LogP contribution in [0.15, 0.2) is 0 Å². The Labute approximate surface area is 138 Å². The lowest BCUT2D eigenvalue weighted by Gasteiger charge is -2.15. The van der Waals surface area contributed by atoms with Crippen molar-refractivity contribution in [3.63, 3.8) is 0 Å². The van der Waals surface area contributed by atoms with Gasteiger partial charge in [0.1, 0.15) is 0 Å². The molecule has 0 aliphatic heterocycles. The summed E-state index contributed by atoms with van der Waals surface area (Å²) in [6.07, 6.45) is 15.1. The zero-order chi connectivity index (χ0) is 16.5. The second-order valence-corrected chi connectivity index (χ2v) is 6.07. The van der Waals surface area contributed by atoms with Gasteiger partial charge in [-0.1, -0.05) is 78.1 Å². The number of carbonyl (C=O) groups excluding carboxylic acids is 1. The van der Waals surface area contributed by atoms with E-state index in [1.54, 1.807) is 0 Å². The highest BCUT2D eigenvalue weighted by atomic mass is 16.7. The van der Waals surface area contributed by atoms with Crippen LogP contribution in [-0.4, -0.2) is 18.9 Å². The summed E-state index contributed by atoms with van der Waals surface area (Å²) in [6.45, 7) is 6.73. The van der Waals surface area contributed by atoms with Crippen LogP contribution in [0.1, 0.15) is 104 Å². The highest BCUT2D eigenvalue weighted by molar-refractivity contribution is 5.69. The van der Waals surface area contributed by atoms with Crippen molar-refractivity contribution in [2.45, 2.75) is 111 Å². The van der Waals surface area contributed by atoms with Gasteiger partial charge in [0.2, 0.25) is 6.29 Å². The van der Waals surface area contributed by atoms with Crippen LogP contribution in [0.2, 0.25) is 0 Å². The van der Waals surface area contributed by atoms with Crippen molar-refractivity contribution in [3.05, 3.63) is 0 Å². The smallest absolute Gasteiger partial charge is 0.308 e. The Bertz CT molecular complexity index is 241. The van der Waals surface area contributed by atoms with Crippen LogP contribution in [0.5, 0.6) is 0 Å². The van der Waals surface area contributed by atoms with E-state index in [2.05, 4.69) is 6.92 Å². The highest BCUT2D eigenvalue weighted by Crippen LogP contribution is 2.12. The molecule has 0 amide bonds. The lowest BCUT2D eigenvalue weighted by molar-refractivity contribution is -0.178. The van der Waals surface area contributed by atoms with E-state index in [9.17, 15) is 4.79 Å². The lowest BCUT2D eigenvalue weighted by Crippen LogP contribution is -2.20. The van der Waals surface area contributed by atoms with Gasteiger partial charge in [-0.3, -0.25) is 4.79 Å². The molecule has 0 aromatic rings. The van der Waals surface area contributed by atoms with Crippen molar-refractivity contribution in [3.8, 4) is 0 Å². The van der Waals surface area contributed by atoms with Crippen LogP contribution in [-0.2, 0) is 14.3 Å². The van der Waals surface area contributed by atoms with Crippen molar-refractivity contribution in [1.29, 1.82) is 0 Å². The normalized spacial score (nSPS) is 12.3. The Hall–Kier alpha value is -0.570. The Morgan fingerprint density at radius 3 is 1.73 bits per heavy atom. The molecule has 0 aliphatic rings. The Morgan fingerprint density at radius 2 is 1.27 bits per heavy atom. The van der Waals surface area contributed by atoms with Gasteiger partial charge in [-0.15, -0.1) is 0 Å². The number of ether oxygens (including phenoxy) is 2. The van der Waals surface area contributed by atoms with E-state index in [4.69, 9.17) is 9.47 Å². The molecule has 0 bridgehead atoms. The minimum Gasteiger partial charge on any atom is -0.436 e. The molecule has 0 saturated carbocycles. The number of rotatable bonds is 16. The highest BCUT2D eigenvalue weighted by Gasteiger charge is 2.11. The maximum Gasteiger partial charge on any atom is 0.308 e. The first-order valence-electron chi connectivity index (χ1n) is 9.55. The van der Waals surface area contributed by atoms with Crippen LogP contribution in [0.25, 0.3) is 0 Å². The first-order valence-corrected chi connectivity index (χ1v) is 9.55. The van der Waals surface area contributed by atoms with Gasteiger partial charge in [-0.2, -0.15) is 0 Å². The van der Waals surface area contributed by atoms with Gasteiger partial charge in [0.15, 0.2) is 0 Å². The number of unbranched alkanes of at least 4 members (excludes halogenated alkanes) is 10. The van der Waals surface area contributed by atoms with E-state index in [1.165, 1.54) is 57.8 Å². The average molecular weight is 315 g/mol. The van der Waals surface area contributed by atoms with Crippen molar-refractivity contribution in [2.24, 2.45) is 0 Å². The summed E-state index contributed by atoms with van der Waals surface area (Å²) >= 11 is 0. The van der Waals surface area contributed by atoms with Crippen molar-refractivity contribution in [1.82, 2.24) is 0 Å². The Balaban J connectivity index is 3.29. The molecule has 0 aromatic carbocycles. The third-order valence-corrected chi connectivity index (χ3v) is 3.93.